The van der Waals surface area contributed by atoms with Crippen LogP contribution >= 0.6 is 12.4 Å². The molecule has 1 aliphatic heterocycles. The third-order valence-corrected chi connectivity index (χ3v) is 5.28. The van der Waals surface area contributed by atoms with Crippen molar-refractivity contribution in [1.82, 2.24) is 4.90 Å². The molecule has 5 nitrogen and oxygen atoms in total. The number of hydrogen-bond acceptors (Lipinski definition) is 3. The van der Waals surface area contributed by atoms with Crippen molar-refractivity contribution in [3.05, 3.63) is 30.1 Å². The van der Waals surface area contributed by atoms with Gasteiger partial charge in [-0.1, -0.05) is 31.4 Å². The highest BCUT2D eigenvalue weighted by atomic mass is 35.5. The predicted octanol–water partition coefficient (Wildman–Crippen LogP) is 2.47. The molecule has 1 atom stereocenters. The zero-order chi connectivity index (χ0) is 17.3. The number of carbonyl (C=O) groups is 2. The molecule has 1 saturated carbocycles. The molecule has 2 N–H and O–H groups in total. The van der Waals surface area contributed by atoms with Crippen LogP contribution in [0.3, 0.4) is 0 Å². The van der Waals surface area contributed by atoms with Crippen LogP contribution in [0.4, 0.5) is 10.1 Å². The summed E-state index contributed by atoms with van der Waals surface area (Å²) in [6.45, 7) is 0.402. The highest BCUT2D eigenvalue weighted by Gasteiger charge is 2.44. The number of nitrogens with two attached hydrogens (primary N) is 1. The van der Waals surface area contributed by atoms with Crippen LogP contribution in [-0.4, -0.2) is 41.9 Å². The van der Waals surface area contributed by atoms with E-state index in [1.54, 1.807) is 25.2 Å². The van der Waals surface area contributed by atoms with Gasteiger partial charge >= 0.3 is 0 Å². The van der Waals surface area contributed by atoms with Gasteiger partial charge in [0.05, 0.1) is 11.2 Å². The number of carbonyl (C=O) groups excluding carboxylic acids is 2. The SMILES string of the molecule is CN(C(=O)C1(N)CCCCC1)C1CCN(c2ccccc2F)C1=O.Cl. The van der Waals surface area contributed by atoms with E-state index in [9.17, 15) is 14.0 Å². The fourth-order valence-electron chi connectivity index (χ4n) is 3.82. The van der Waals surface area contributed by atoms with E-state index < -0.39 is 17.4 Å². The molecule has 138 valence electrons. The van der Waals surface area contributed by atoms with Crippen LogP contribution in [0.5, 0.6) is 0 Å². The molecule has 1 aliphatic carbocycles. The van der Waals surface area contributed by atoms with Gasteiger partial charge < -0.3 is 15.5 Å². The zero-order valence-electron chi connectivity index (χ0n) is 14.4. The maximum Gasteiger partial charge on any atom is 0.249 e. The van der Waals surface area contributed by atoms with Crippen molar-refractivity contribution < 1.29 is 14.0 Å². The minimum Gasteiger partial charge on any atom is -0.332 e. The lowest BCUT2D eigenvalue weighted by molar-refractivity contribution is -0.142. The van der Waals surface area contributed by atoms with Gasteiger partial charge in [-0.05, 0) is 31.4 Å². The molecule has 3 rings (SSSR count). The van der Waals surface area contributed by atoms with Crippen LogP contribution in [0.2, 0.25) is 0 Å². The van der Waals surface area contributed by atoms with Gasteiger partial charge in [0.25, 0.3) is 0 Å². The second-order valence-corrected chi connectivity index (χ2v) is 6.88. The highest BCUT2D eigenvalue weighted by Crippen LogP contribution is 2.31. The van der Waals surface area contributed by atoms with Crippen LogP contribution in [0, 0.1) is 5.82 Å². The highest BCUT2D eigenvalue weighted by molar-refractivity contribution is 6.02. The Morgan fingerprint density at radius 3 is 2.56 bits per heavy atom. The summed E-state index contributed by atoms with van der Waals surface area (Å²) in [6.07, 6.45) is 4.79. The summed E-state index contributed by atoms with van der Waals surface area (Å²) < 4.78 is 14.0. The van der Waals surface area contributed by atoms with E-state index in [0.717, 1.165) is 19.3 Å². The second kappa shape index (κ2) is 7.70. The van der Waals surface area contributed by atoms with Gasteiger partial charge in [0, 0.05) is 13.6 Å². The van der Waals surface area contributed by atoms with E-state index in [1.165, 1.54) is 15.9 Å². The molecule has 2 amide bonds. The van der Waals surface area contributed by atoms with Gasteiger partial charge in [-0.25, -0.2) is 4.39 Å². The molecule has 1 unspecified atom stereocenters. The molecule has 1 heterocycles. The topological polar surface area (TPSA) is 66.6 Å². The molecular formula is C18H25ClFN3O2. The van der Waals surface area contributed by atoms with Gasteiger partial charge in [0.2, 0.25) is 11.8 Å². The van der Waals surface area contributed by atoms with Crippen LogP contribution in [0.1, 0.15) is 38.5 Å². The quantitative estimate of drug-likeness (QED) is 0.890. The van der Waals surface area contributed by atoms with Crippen LogP contribution < -0.4 is 10.6 Å². The number of amides is 2. The average Bonchev–Trinajstić information content (AvgIpc) is 2.96. The summed E-state index contributed by atoms with van der Waals surface area (Å²) in [7, 11) is 1.64. The Hall–Kier alpha value is -1.66. The number of rotatable bonds is 3. The second-order valence-electron chi connectivity index (χ2n) is 6.88. The Balaban J connectivity index is 0.00000225. The van der Waals surface area contributed by atoms with Crippen molar-refractivity contribution in [2.24, 2.45) is 5.73 Å². The molecule has 0 aromatic heterocycles. The lowest BCUT2D eigenvalue weighted by Gasteiger charge is -2.37. The maximum atomic E-state index is 14.0. The minimum absolute atomic E-state index is 0. The molecule has 0 bridgehead atoms. The first-order valence-corrected chi connectivity index (χ1v) is 8.56. The molecule has 2 fully saturated rings. The Kier molecular flexibility index (Phi) is 6.06. The monoisotopic (exact) mass is 369 g/mol. The lowest BCUT2D eigenvalue weighted by atomic mass is 9.81. The van der Waals surface area contributed by atoms with Crippen molar-refractivity contribution in [2.45, 2.75) is 50.1 Å². The van der Waals surface area contributed by atoms with Crippen LogP contribution in [0.15, 0.2) is 24.3 Å². The van der Waals surface area contributed by atoms with E-state index in [0.29, 0.717) is 25.8 Å². The number of anilines is 1. The Bertz CT molecular complexity index is 649. The van der Waals surface area contributed by atoms with Crippen molar-refractivity contribution in [1.29, 1.82) is 0 Å². The van der Waals surface area contributed by atoms with Crippen molar-refractivity contribution in [2.75, 3.05) is 18.5 Å². The number of hydrogen-bond donors (Lipinski definition) is 1. The van der Waals surface area contributed by atoms with Gasteiger partial charge in [-0.3, -0.25) is 9.59 Å². The third kappa shape index (κ3) is 3.65. The standard InChI is InChI=1S/C18H24FN3O2.ClH/c1-21(17(24)18(20)10-5-2-6-11-18)15-9-12-22(16(15)23)14-8-4-3-7-13(14)19;/h3-4,7-8,15H,2,5-6,9-12,20H2,1H3;1H. The molecule has 0 radical (unpaired) electrons. The molecule has 1 aromatic carbocycles. The van der Waals surface area contributed by atoms with Crippen molar-refractivity contribution in [3.63, 3.8) is 0 Å². The summed E-state index contributed by atoms with van der Waals surface area (Å²) in [5, 5.41) is 0. The van der Waals surface area contributed by atoms with Gasteiger partial charge in [-0.2, -0.15) is 0 Å². The number of para-hydroxylation sites is 1. The third-order valence-electron chi connectivity index (χ3n) is 5.28. The zero-order valence-corrected chi connectivity index (χ0v) is 15.2. The Labute approximate surface area is 153 Å². The first-order valence-electron chi connectivity index (χ1n) is 8.56. The summed E-state index contributed by atoms with van der Waals surface area (Å²) in [5.41, 5.74) is 5.72. The number of halogens is 2. The maximum absolute atomic E-state index is 14.0. The van der Waals surface area contributed by atoms with E-state index >= 15 is 0 Å². The molecule has 1 saturated heterocycles. The van der Waals surface area contributed by atoms with Gasteiger partial charge in [0.15, 0.2) is 0 Å². The van der Waals surface area contributed by atoms with Crippen molar-refractivity contribution in [3.8, 4) is 0 Å². The summed E-state index contributed by atoms with van der Waals surface area (Å²) in [6, 6.07) is 5.64. The lowest BCUT2D eigenvalue weighted by Crippen LogP contribution is -2.58. The minimum atomic E-state index is -0.862. The van der Waals surface area contributed by atoms with E-state index in [1.807, 2.05) is 0 Å². The molecule has 25 heavy (non-hydrogen) atoms. The van der Waals surface area contributed by atoms with E-state index in [4.69, 9.17) is 5.73 Å². The summed E-state index contributed by atoms with van der Waals surface area (Å²) in [4.78, 5) is 28.4. The van der Waals surface area contributed by atoms with Crippen LogP contribution in [0.25, 0.3) is 0 Å². The first-order chi connectivity index (χ1) is 11.4. The summed E-state index contributed by atoms with van der Waals surface area (Å²) >= 11 is 0. The Morgan fingerprint density at radius 1 is 1.28 bits per heavy atom. The van der Waals surface area contributed by atoms with E-state index in [2.05, 4.69) is 0 Å². The molecule has 2 aliphatic rings. The van der Waals surface area contributed by atoms with E-state index in [-0.39, 0.29) is 29.9 Å². The Morgan fingerprint density at radius 2 is 1.92 bits per heavy atom. The number of benzene rings is 1. The number of likely N-dealkylation sites (N-methyl/N-ethyl adjacent to an activating group) is 1. The van der Waals surface area contributed by atoms with Gasteiger partial charge in [-0.15, -0.1) is 12.4 Å². The van der Waals surface area contributed by atoms with Crippen molar-refractivity contribution >= 4 is 29.9 Å². The normalized spacial score (nSPS) is 22.4. The average molecular weight is 370 g/mol. The van der Waals surface area contributed by atoms with Crippen LogP contribution in [-0.2, 0) is 9.59 Å². The molecular weight excluding hydrogens is 345 g/mol. The predicted molar refractivity (Wildman–Crippen MR) is 97.2 cm³/mol. The summed E-state index contributed by atoms with van der Waals surface area (Å²) in [5.74, 6) is -0.839. The smallest absolute Gasteiger partial charge is 0.249 e. The van der Waals surface area contributed by atoms with Gasteiger partial charge in [0.1, 0.15) is 11.9 Å². The fraction of sp³-hybridized carbons (Fsp3) is 0.556. The molecule has 1 aromatic rings. The fourth-order valence-corrected chi connectivity index (χ4v) is 3.82. The number of nitrogens with zero attached hydrogens (tertiary/aromatic N) is 2. The molecule has 7 heteroatoms. The molecule has 0 spiro atoms. The first kappa shape index (κ1) is 19.7. The largest absolute Gasteiger partial charge is 0.332 e.